The molecule has 0 aliphatic carbocycles. The van der Waals surface area contributed by atoms with E-state index in [-0.39, 0.29) is 12.2 Å². The highest BCUT2D eigenvalue weighted by Gasteiger charge is 2.25. The molecule has 1 fully saturated rings. The first-order valence-corrected chi connectivity index (χ1v) is 12.1. The van der Waals surface area contributed by atoms with Gasteiger partial charge in [-0.25, -0.2) is 0 Å². The number of para-hydroxylation sites is 2. The summed E-state index contributed by atoms with van der Waals surface area (Å²) < 4.78 is 34.3. The molecule has 0 N–H and O–H groups in total. The Morgan fingerprint density at radius 1 is 1.00 bits per heavy atom. The lowest BCUT2D eigenvalue weighted by Gasteiger charge is -2.26. The van der Waals surface area contributed by atoms with Crippen molar-refractivity contribution in [2.24, 2.45) is 0 Å². The fourth-order valence-corrected chi connectivity index (χ4v) is 4.37. The van der Waals surface area contributed by atoms with Crippen LogP contribution in [-0.2, 0) is 6.42 Å². The standard InChI is InChI=1S/C27H31N3O6/c1-31-22-8-7-19(13-25(22)32-2)9-11-30-12-10-20(16-30)36-27-15-28-14-26(29-27)34-18-21-17-33-23-5-3-4-6-24(23)35-21/h3-8,13-15,20-21H,9-12,16-18H2,1-2H3. The number of rotatable bonds is 10. The number of fused-ring (bicyclic) bond motifs is 1. The zero-order valence-electron chi connectivity index (χ0n) is 20.6. The Morgan fingerprint density at radius 2 is 1.83 bits per heavy atom. The molecular weight excluding hydrogens is 462 g/mol. The zero-order valence-corrected chi connectivity index (χ0v) is 20.6. The van der Waals surface area contributed by atoms with Crippen LogP contribution in [0.15, 0.2) is 54.9 Å². The van der Waals surface area contributed by atoms with Gasteiger partial charge >= 0.3 is 0 Å². The van der Waals surface area contributed by atoms with Crippen LogP contribution in [0.3, 0.4) is 0 Å². The summed E-state index contributed by atoms with van der Waals surface area (Å²) in [5, 5.41) is 0. The average molecular weight is 494 g/mol. The van der Waals surface area contributed by atoms with Gasteiger partial charge in [-0.15, -0.1) is 0 Å². The summed E-state index contributed by atoms with van der Waals surface area (Å²) in [5.41, 5.74) is 1.21. The minimum atomic E-state index is -0.222. The number of benzene rings is 2. The van der Waals surface area contributed by atoms with Crippen molar-refractivity contribution in [2.45, 2.75) is 25.0 Å². The smallest absolute Gasteiger partial charge is 0.235 e. The fourth-order valence-electron chi connectivity index (χ4n) is 4.37. The van der Waals surface area contributed by atoms with Gasteiger partial charge in [0.25, 0.3) is 0 Å². The van der Waals surface area contributed by atoms with Crippen molar-refractivity contribution >= 4 is 0 Å². The first kappa shape index (κ1) is 24.0. The fraction of sp³-hybridized carbons (Fsp3) is 0.407. The molecule has 9 heteroatoms. The Kier molecular flexibility index (Phi) is 7.56. The summed E-state index contributed by atoms with van der Waals surface area (Å²) >= 11 is 0. The number of hydrogen-bond acceptors (Lipinski definition) is 9. The number of nitrogens with zero attached hydrogens (tertiary/aromatic N) is 3. The quantitative estimate of drug-likeness (QED) is 0.422. The highest BCUT2D eigenvalue weighted by molar-refractivity contribution is 5.43. The second-order valence-electron chi connectivity index (χ2n) is 8.77. The second-order valence-corrected chi connectivity index (χ2v) is 8.77. The number of aromatic nitrogens is 2. The Morgan fingerprint density at radius 3 is 2.69 bits per heavy atom. The maximum Gasteiger partial charge on any atom is 0.235 e. The Bertz CT molecular complexity index is 1160. The van der Waals surface area contributed by atoms with Gasteiger partial charge < -0.3 is 28.4 Å². The lowest BCUT2D eigenvalue weighted by Crippen LogP contribution is -2.34. The van der Waals surface area contributed by atoms with Crippen LogP contribution in [0.5, 0.6) is 34.8 Å². The highest BCUT2D eigenvalue weighted by atomic mass is 16.6. The molecule has 0 radical (unpaired) electrons. The van der Waals surface area contributed by atoms with Gasteiger partial charge in [0.1, 0.15) is 19.3 Å². The van der Waals surface area contributed by atoms with Gasteiger partial charge in [-0.3, -0.25) is 9.88 Å². The molecular formula is C27H31N3O6. The molecule has 3 aromatic rings. The first-order chi connectivity index (χ1) is 17.7. The molecule has 0 spiro atoms. The van der Waals surface area contributed by atoms with E-state index in [0.29, 0.717) is 25.0 Å². The van der Waals surface area contributed by atoms with Crippen molar-refractivity contribution in [3.05, 3.63) is 60.4 Å². The summed E-state index contributed by atoms with van der Waals surface area (Å²) in [6.45, 7) is 3.48. The minimum absolute atomic E-state index is 0.0616. The van der Waals surface area contributed by atoms with Gasteiger partial charge in [0.15, 0.2) is 29.1 Å². The van der Waals surface area contributed by atoms with Gasteiger partial charge in [0.05, 0.1) is 26.6 Å². The normalized spacial score (nSPS) is 19.1. The number of hydrogen-bond donors (Lipinski definition) is 0. The topological polar surface area (TPSA) is 84.4 Å². The molecule has 2 aliphatic heterocycles. The van der Waals surface area contributed by atoms with Crippen LogP contribution in [0.2, 0.25) is 0 Å². The van der Waals surface area contributed by atoms with Crippen molar-refractivity contribution in [1.82, 2.24) is 14.9 Å². The van der Waals surface area contributed by atoms with Crippen LogP contribution >= 0.6 is 0 Å². The van der Waals surface area contributed by atoms with Crippen molar-refractivity contribution in [3.8, 4) is 34.8 Å². The van der Waals surface area contributed by atoms with E-state index in [1.807, 2.05) is 36.4 Å². The minimum Gasteiger partial charge on any atom is -0.493 e. The molecule has 2 atom stereocenters. The molecule has 0 bridgehead atoms. The van der Waals surface area contributed by atoms with Gasteiger partial charge in [0, 0.05) is 19.6 Å². The molecule has 1 aromatic heterocycles. The SMILES string of the molecule is COc1ccc(CCN2CCC(Oc3cncc(OCC4COc5ccccc5O4)n3)C2)cc1OC. The van der Waals surface area contributed by atoms with Crippen LogP contribution in [0.25, 0.3) is 0 Å². The molecule has 5 rings (SSSR count). The number of methoxy groups -OCH3 is 2. The molecule has 2 aromatic carbocycles. The van der Waals surface area contributed by atoms with E-state index in [4.69, 9.17) is 28.4 Å². The van der Waals surface area contributed by atoms with E-state index in [2.05, 4.69) is 20.9 Å². The third kappa shape index (κ3) is 5.91. The maximum absolute atomic E-state index is 6.12. The largest absolute Gasteiger partial charge is 0.493 e. The molecule has 3 heterocycles. The summed E-state index contributed by atoms with van der Waals surface area (Å²) in [4.78, 5) is 11.1. The molecule has 9 nitrogen and oxygen atoms in total. The van der Waals surface area contributed by atoms with Gasteiger partial charge in [-0.2, -0.15) is 4.98 Å². The molecule has 2 unspecified atom stereocenters. The third-order valence-corrected chi connectivity index (χ3v) is 6.26. The molecule has 36 heavy (non-hydrogen) atoms. The number of ether oxygens (including phenoxy) is 6. The predicted molar refractivity (Wildman–Crippen MR) is 133 cm³/mol. The van der Waals surface area contributed by atoms with Crippen molar-refractivity contribution in [1.29, 1.82) is 0 Å². The molecule has 0 amide bonds. The van der Waals surface area contributed by atoms with E-state index in [1.54, 1.807) is 26.6 Å². The van der Waals surface area contributed by atoms with Gasteiger partial charge in [0.2, 0.25) is 11.8 Å². The lowest BCUT2D eigenvalue weighted by molar-refractivity contribution is 0.0516. The molecule has 190 valence electrons. The first-order valence-electron chi connectivity index (χ1n) is 12.1. The molecule has 1 saturated heterocycles. The molecule has 0 saturated carbocycles. The Labute approximate surface area is 210 Å². The van der Waals surface area contributed by atoms with Crippen molar-refractivity contribution in [2.75, 3.05) is 47.1 Å². The van der Waals surface area contributed by atoms with Crippen LogP contribution in [0.1, 0.15) is 12.0 Å². The second kappa shape index (κ2) is 11.3. The van der Waals surface area contributed by atoms with E-state index in [9.17, 15) is 0 Å². The van der Waals surface area contributed by atoms with Crippen LogP contribution < -0.4 is 28.4 Å². The lowest BCUT2D eigenvalue weighted by atomic mass is 10.1. The summed E-state index contributed by atoms with van der Waals surface area (Å²) in [6, 6.07) is 13.7. The average Bonchev–Trinajstić information content (AvgIpc) is 3.37. The predicted octanol–water partition coefficient (Wildman–Crippen LogP) is 3.41. The van der Waals surface area contributed by atoms with Gasteiger partial charge in [-0.05, 0) is 42.7 Å². The van der Waals surface area contributed by atoms with Crippen molar-refractivity contribution in [3.63, 3.8) is 0 Å². The summed E-state index contributed by atoms with van der Waals surface area (Å²) in [7, 11) is 3.30. The van der Waals surface area contributed by atoms with Crippen LogP contribution in [0, 0.1) is 0 Å². The van der Waals surface area contributed by atoms with E-state index in [0.717, 1.165) is 55.5 Å². The highest BCUT2D eigenvalue weighted by Crippen LogP contribution is 2.31. The van der Waals surface area contributed by atoms with E-state index in [1.165, 1.54) is 5.56 Å². The third-order valence-electron chi connectivity index (χ3n) is 6.26. The zero-order chi connectivity index (χ0) is 24.7. The van der Waals surface area contributed by atoms with Crippen LogP contribution in [-0.4, -0.2) is 74.1 Å². The Hall–Kier alpha value is -3.72. The van der Waals surface area contributed by atoms with Crippen LogP contribution in [0.4, 0.5) is 0 Å². The monoisotopic (exact) mass is 493 g/mol. The summed E-state index contributed by atoms with van der Waals surface area (Å²) in [6.07, 6.45) is 4.90. The van der Waals surface area contributed by atoms with E-state index < -0.39 is 0 Å². The van der Waals surface area contributed by atoms with Gasteiger partial charge in [-0.1, -0.05) is 18.2 Å². The Balaban J connectivity index is 1.08. The molecule has 2 aliphatic rings. The number of likely N-dealkylation sites (tertiary alicyclic amines) is 1. The maximum atomic E-state index is 6.12. The van der Waals surface area contributed by atoms with Crippen molar-refractivity contribution < 1.29 is 28.4 Å². The summed E-state index contributed by atoms with van der Waals surface area (Å²) in [5.74, 6) is 3.83. The van der Waals surface area contributed by atoms with E-state index >= 15 is 0 Å².